The lowest BCUT2D eigenvalue weighted by molar-refractivity contribution is -0.122. The highest BCUT2D eigenvalue weighted by Crippen LogP contribution is 2.35. The number of halogens is 2. The van der Waals surface area contributed by atoms with Gasteiger partial charge in [-0.3, -0.25) is 25.8 Å². The van der Waals surface area contributed by atoms with Crippen molar-refractivity contribution in [1.29, 1.82) is 5.41 Å². The maximum Gasteiger partial charge on any atom is 0.289 e. The molecule has 2 amide bonds. The van der Waals surface area contributed by atoms with Gasteiger partial charge in [0, 0.05) is 33.6 Å². The SMILES string of the molecule is CCOc1cc(C(Nc2ccc(C(=N)N)cc2)C(=O)NNC(=O)c2ncccc2Br)c(F)cc1OC(C)C. The Bertz CT molecular complexity index is 1320. The van der Waals surface area contributed by atoms with Crippen molar-refractivity contribution in [2.24, 2.45) is 5.73 Å². The molecule has 12 heteroatoms. The van der Waals surface area contributed by atoms with E-state index in [2.05, 4.69) is 37.1 Å². The monoisotopic (exact) mass is 586 g/mol. The summed E-state index contributed by atoms with van der Waals surface area (Å²) in [4.78, 5) is 29.9. The normalized spacial score (nSPS) is 11.4. The van der Waals surface area contributed by atoms with Crippen LogP contribution in [0.1, 0.15) is 48.4 Å². The summed E-state index contributed by atoms with van der Waals surface area (Å²) in [6.45, 7) is 5.65. The molecule has 0 fully saturated rings. The van der Waals surface area contributed by atoms with Crippen molar-refractivity contribution in [2.45, 2.75) is 32.9 Å². The predicted molar refractivity (Wildman–Crippen MR) is 145 cm³/mol. The van der Waals surface area contributed by atoms with Gasteiger partial charge in [-0.2, -0.15) is 0 Å². The summed E-state index contributed by atoms with van der Waals surface area (Å²) < 4.78 is 27.2. The topological polar surface area (TPSA) is 151 Å². The van der Waals surface area contributed by atoms with Crippen LogP contribution in [0.15, 0.2) is 59.2 Å². The molecule has 1 aromatic heterocycles. The van der Waals surface area contributed by atoms with Crippen LogP contribution in [-0.2, 0) is 4.79 Å². The van der Waals surface area contributed by atoms with Crippen molar-refractivity contribution in [3.8, 4) is 11.5 Å². The van der Waals surface area contributed by atoms with Gasteiger partial charge in [-0.15, -0.1) is 0 Å². The standard InChI is InChI=1S/C26H28BrFN6O4/c1-4-37-20-12-17(19(28)13-21(20)38-14(2)3)22(32-16-9-7-15(8-10-16)24(29)30)25(35)33-34-26(36)23-18(27)6-5-11-31-23/h5-14,22,32H,4H2,1-3H3,(H3,29,30)(H,33,35)(H,34,36). The lowest BCUT2D eigenvalue weighted by Gasteiger charge is -2.23. The van der Waals surface area contributed by atoms with E-state index in [9.17, 15) is 9.59 Å². The van der Waals surface area contributed by atoms with Gasteiger partial charge in [-0.25, -0.2) is 9.37 Å². The highest BCUT2D eigenvalue weighted by Gasteiger charge is 2.27. The third kappa shape index (κ3) is 7.19. The van der Waals surface area contributed by atoms with Gasteiger partial charge in [0.05, 0.1) is 12.7 Å². The van der Waals surface area contributed by atoms with Crippen molar-refractivity contribution in [1.82, 2.24) is 15.8 Å². The molecule has 1 atom stereocenters. The van der Waals surface area contributed by atoms with Crippen LogP contribution in [0.4, 0.5) is 10.1 Å². The molecule has 0 spiro atoms. The molecule has 1 unspecified atom stereocenters. The number of amidine groups is 1. The number of nitrogens with zero attached hydrogens (tertiary/aromatic N) is 1. The summed E-state index contributed by atoms with van der Waals surface area (Å²) >= 11 is 3.24. The van der Waals surface area contributed by atoms with Crippen molar-refractivity contribution < 1.29 is 23.5 Å². The zero-order chi connectivity index (χ0) is 27.8. The van der Waals surface area contributed by atoms with Gasteiger partial charge in [-0.1, -0.05) is 0 Å². The molecule has 1 heterocycles. The van der Waals surface area contributed by atoms with E-state index < -0.39 is 23.7 Å². The first-order chi connectivity index (χ1) is 18.1. The van der Waals surface area contributed by atoms with Gasteiger partial charge in [0.25, 0.3) is 11.8 Å². The summed E-state index contributed by atoms with van der Waals surface area (Å²) in [5.74, 6) is -1.84. The molecular weight excluding hydrogens is 559 g/mol. The molecule has 6 N–H and O–H groups in total. The van der Waals surface area contributed by atoms with Crippen molar-refractivity contribution in [2.75, 3.05) is 11.9 Å². The minimum Gasteiger partial charge on any atom is -0.490 e. The molecule has 0 bridgehead atoms. The Morgan fingerprint density at radius 3 is 2.45 bits per heavy atom. The highest BCUT2D eigenvalue weighted by atomic mass is 79.9. The van der Waals surface area contributed by atoms with Crippen LogP contribution < -0.4 is 31.4 Å². The summed E-state index contributed by atoms with van der Waals surface area (Å²) in [6, 6.07) is 10.9. The summed E-state index contributed by atoms with van der Waals surface area (Å²) in [6.07, 6.45) is 1.19. The van der Waals surface area contributed by atoms with Crippen LogP contribution in [0.5, 0.6) is 11.5 Å². The number of carbonyl (C=O) groups excluding carboxylic acids is 2. The number of rotatable bonds is 10. The highest BCUT2D eigenvalue weighted by molar-refractivity contribution is 9.10. The molecule has 0 radical (unpaired) electrons. The van der Waals surface area contributed by atoms with Crippen molar-refractivity contribution >= 4 is 39.3 Å². The predicted octanol–water partition coefficient (Wildman–Crippen LogP) is 4.07. The molecule has 38 heavy (non-hydrogen) atoms. The fourth-order valence-electron chi connectivity index (χ4n) is 3.39. The molecule has 0 saturated carbocycles. The molecule has 0 aliphatic rings. The number of aromatic nitrogens is 1. The van der Waals surface area contributed by atoms with Crippen LogP contribution in [0, 0.1) is 11.2 Å². The molecule has 0 saturated heterocycles. The average Bonchev–Trinajstić information content (AvgIpc) is 2.87. The first-order valence-corrected chi connectivity index (χ1v) is 12.4. The number of hydrogen-bond donors (Lipinski definition) is 5. The van der Waals surface area contributed by atoms with Gasteiger partial charge >= 0.3 is 0 Å². The number of benzene rings is 2. The Balaban J connectivity index is 1.95. The second-order valence-corrected chi connectivity index (χ2v) is 9.12. The number of carbonyl (C=O) groups is 2. The smallest absolute Gasteiger partial charge is 0.289 e. The molecule has 0 aliphatic carbocycles. The summed E-state index contributed by atoms with van der Waals surface area (Å²) in [5.41, 5.74) is 11.1. The van der Waals surface area contributed by atoms with E-state index in [1.807, 2.05) is 0 Å². The minimum absolute atomic E-state index is 0.0500. The lowest BCUT2D eigenvalue weighted by Crippen LogP contribution is -2.46. The Hall–Kier alpha value is -4.19. The number of anilines is 1. The number of ether oxygens (including phenoxy) is 2. The molecular formula is C26H28BrFN6O4. The van der Waals surface area contributed by atoms with Gasteiger partial charge in [0.15, 0.2) is 11.5 Å². The number of pyridine rings is 1. The Morgan fingerprint density at radius 2 is 1.84 bits per heavy atom. The lowest BCUT2D eigenvalue weighted by atomic mass is 10.0. The van der Waals surface area contributed by atoms with Crippen LogP contribution in [0.25, 0.3) is 0 Å². The van der Waals surface area contributed by atoms with Crippen LogP contribution in [0.2, 0.25) is 0 Å². The molecule has 2 aromatic carbocycles. The fraction of sp³-hybridized carbons (Fsp3) is 0.231. The van der Waals surface area contributed by atoms with E-state index in [4.69, 9.17) is 20.6 Å². The van der Waals surface area contributed by atoms with E-state index in [1.54, 1.807) is 57.2 Å². The first kappa shape index (κ1) is 28.4. The van der Waals surface area contributed by atoms with Crippen LogP contribution >= 0.6 is 15.9 Å². The van der Waals surface area contributed by atoms with E-state index in [0.29, 0.717) is 15.7 Å². The van der Waals surface area contributed by atoms with E-state index in [-0.39, 0.29) is 41.3 Å². The van der Waals surface area contributed by atoms with Gasteiger partial charge in [0.2, 0.25) is 0 Å². The number of nitrogen functional groups attached to an aromatic ring is 1. The van der Waals surface area contributed by atoms with Gasteiger partial charge in [0.1, 0.15) is 23.4 Å². The average molecular weight is 587 g/mol. The number of nitrogens with one attached hydrogen (secondary N) is 4. The number of amides is 2. The number of hydrazine groups is 1. The van der Waals surface area contributed by atoms with Crippen LogP contribution in [-0.4, -0.2) is 35.3 Å². The number of nitrogens with two attached hydrogens (primary N) is 1. The Labute approximate surface area is 227 Å². The van der Waals surface area contributed by atoms with Gasteiger partial charge in [-0.05, 0) is 79.2 Å². The summed E-state index contributed by atoms with van der Waals surface area (Å²) in [5, 5.41) is 10.5. The largest absolute Gasteiger partial charge is 0.490 e. The second-order valence-electron chi connectivity index (χ2n) is 8.27. The maximum atomic E-state index is 15.4. The first-order valence-electron chi connectivity index (χ1n) is 11.6. The maximum absolute atomic E-state index is 15.4. The van der Waals surface area contributed by atoms with Crippen LogP contribution in [0.3, 0.4) is 0 Å². The third-order valence-corrected chi connectivity index (χ3v) is 5.72. The molecule has 3 rings (SSSR count). The zero-order valence-electron chi connectivity index (χ0n) is 21.0. The molecule has 10 nitrogen and oxygen atoms in total. The van der Waals surface area contributed by atoms with Gasteiger partial charge < -0.3 is 20.5 Å². The third-order valence-electron chi connectivity index (χ3n) is 5.08. The summed E-state index contributed by atoms with van der Waals surface area (Å²) in [7, 11) is 0. The molecule has 200 valence electrons. The quantitative estimate of drug-likeness (QED) is 0.136. The Morgan fingerprint density at radius 1 is 1.13 bits per heavy atom. The van der Waals surface area contributed by atoms with Crippen molar-refractivity contribution in [3.63, 3.8) is 0 Å². The number of hydrogen-bond acceptors (Lipinski definition) is 7. The van der Waals surface area contributed by atoms with E-state index in [0.717, 1.165) is 6.07 Å². The molecule has 0 aliphatic heterocycles. The van der Waals surface area contributed by atoms with Crippen molar-refractivity contribution in [3.05, 3.63) is 81.8 Å². The fourth-order valence-corrected chi connectivity index (χ4v) is 3.82. The Kier molecular flexibility index (Phi) is 9.61. The van der Waals surface area contributed by atoms with E-state index in [1.165, 1.54) is 12.3 Å². The zero-order valence-corrected chi connectivity index (χ0v) is 22.6. The van der Waals surface area contributed by atoms with E-state index >= 15 is 4.39 Å². The molecule has 3 aromatic rings. The minimum atomic E-state index is -1.31. The second kappa shape index (κ2) is 12.9.